The molecule has 0 aromatic carbocycles. The lowest BCUT2D eigenvalue weighted by atomic mass is 10.2. The Kier molecular flexibility index (Phi) is 2.24. The summed E-state index contributed by atoms with van der Waals surface area (Å²) in [4.78, 5) is 10.2. The topological polar surface area (TPSA) is 73.6 Å². The summed E-state index contributed by atoms with van der Waals surface area (Å²) in [6.45, 7) is 0.675. The minimum atomic E-state index is -1.17. The van der Waals surface area contributed by atoms with E-state index in [4.69, 9.17) is 15.1 Å². The second kappa shape index (κ2) is 3.17. The fourth-order valence-corrected chi connectivity index (χ4v) is 0.634. The third-order valence-corrected chi connectivity index (χ3v) is 1.34. The first kappa shape index (κ1) is 7.76. The molecule has 4 nitrogen and oxygen atoms in total. The molecule has 11 heavy (non-hydrogen) atoms. The van der Waals surface area contributed by atoms with Gasteiger partial charge in [0.25, 0.3) is 0 Å². The Bertz CT molecular complexity index is 235. The summed E-state index contributed by atoms with van der Waals surface area (Å²) in [5.41, 5.74) is -0.208. The van der Waals surface area contributed by atoms with Gasteiger partial charge in [0.15, 0.2) is 0 Å². The van der Waals surface area contributed by atoms with Crippen molar-refractivity contribution in [3.8, 4) is 6.07 Å². The predicted molar refractivity (Wildman–Crippen MR) is 35.7 cm³/mol. The lowest BCUT2D eigenvalue weighted by Crippen LogP contribution is -1.98. The highest BCUT2D eigenvalue weighted by Gasteiger charge is 2.21. The molecule has 1 heterocycles. The smallest absolute Gasteiger partial charge is 0.346 e. The molecule has 0 spiro atoms. The van der Waals surface area contributed by atoms with Crippen molar-refractivity contribution >= 4 is 5.97 Å². The SMILES string of the molecule is N#CC(=CCC1CO1)C(=O)O. The highest BCUT2D eigenvalue weighted by atomic mass is 16.6. The minimum absolute atomic E-state index is 0.137. The summed E-state index contributed by atoms with van der Waals surface area (Å²) in [5, 5.41) is 16.7. The first-order valence-electron chi connectivity index (χ1n) is 3.19. The summed E-state index contributed by atoms with van der Waals surface area (Å²) in [6.07, 6.45) is 2.05. The van der Waals surface area contributed by atoms with Crippen molar-refractivity contribution in [3.63, 3.8) is 0 Å². The number of aliphatic carboxylic acids is 1. The summed E-state index contributed by atoms with van der Waals surface area (Å²) in [5.74, 6) is -1.17. The molecule has 1 unspecified atom stereocenters. The Labute approximate surface area is 63.7 Å². The first-order valence-corrected chi connectivity index (χ1v) is 3.19. The van der Waals surface area contributed by atoms with E-state index in [0.717, 1.165) is 0 Å². The zero-order valence-electron chi connectivity index (χ0n) is 5.78. The third kappa shape index (κ3) is 2.40. The van der Waals surface area contributed by atoms with E-state index in [1.807, 2.05) is 0 Å². The van der Waals surface area contributed by atoms with Gasteiger partial charge in [0, 0.05) is 0 Å². The van der Waals surface area contributed by atoms with Crippen LogP contribution in [0.5, 0.6) is 0 Å². The molecule has 0 bridgehead atoms. The molecular weight excluding hydrogens is 146 g/mol. The van der Waals surface area contributed by atoms with E-state index >= 15 is 0 Å². The Morgan fingerprint density at radius 3 is 2.91 bits per heavy atom. The summed E-state index contributed by atoms with van der Waals surface area (Å²) in [6, 6.07) is 1.59. The summed E-state index contributed by atoms with van der Waals surface area (Å²) >= 11 is 0. The van der Waals surface area contributed by atoms with Crippen molar-refractivity contribution in [3.05, 3.63) is 11.6 Å². The van der Waals surface area contributed by atoms with Crippen LogP contribution in [0.15, 0.2) is 11.6 Å². The maximum absolute atomic E-state index is 10.2. The van der Waals surface area contributed by atoms with Crippen LogP contribution in [0.25, 0.3) is 0 Å². The number of carbonyl (C=O) groups is 1. The number of nitriles is 1. The third-order valence-electron chi connectivity index (χ3n) is 1.34. The lowest BCUT2D eigenvalue weighted by Gasteiger charge is -1.87. The van der Waals surface area contributed by atoms with E-state index in [2.05, 4.69) is 0 Å². The quantitative estimate of drug-likeness (QED) is 0.359. The molecule has 0 aliphatic carbocycles. The van der Waals surface area contributed by atoms with Gasteiger partial charge in [0.2, 0.25) is 0 Å². The lowest BCUT2D eigenvalue weighted by molar-refractivity contribution is -0.132. The minimum Gasteiger partial charge on any atom is -0.477 e. The van der Waals surface area contributed by atoms with Gasteiger partial charge in [-0.2, -0.15) is 5.26 Å². The Morgan fingerprint density at radius 2 is 2.55 bits per heavy atom. The fraction of sp³-hybridized carbons (Fsp3) is 0.429. The molecule has 0 radical (unpaired) electrons. The van der Waals surface area contributed by atoms with E-state index in [1.54, 1.807) is 6.07 Å². The molecule has 1 atom stereocenters. The van der Waals surface area contributed by atoms with Crippen LogP contribution < -0.4 is 0 Å². The van der Waals surface area contributed by atoms with Crippen LogP contribution >= 0.6 is 0 Å². The van der Waals surface area contributed by atoms with Crippen LogP contribution in [-0.4, -0.2) is 23.8 Å². The largest absolute Gasteiger partial charge is 0.477 e. The van der Waals surface area contributed by atoms with E-state index in [-0.39, 0.29) is 11.7 Å². The molecule has 1 saturated heterocycles. The Balaban J connectivity index is 2.45. The summed E-state index contributed by atoms with van der Waals surface area (Å²) in [7, 11) is 0. The van der Waals surface area contributed by atoms with Crippen molar-refractivity contribution in [1.29, 1.82) is 5.26 Å². The molecule has 0 amide bonds. The standard InChI is InChI=1S/C7H7NO3/c8-3-5(7(9)10)1-2-6-4-11-6/h1,6H,2,4H2,(H,9,10). The molecule has 1 N–H and O–H groups in total. The number of nitrogens with zero attached hydrogens (tertiary/aromatic N) is 1. The van der Waals surface area contributed by atoms with Crippen molar-refractivity contribution in [2.24, 2.45) is 0 Å². The van der Waals surface area contributed by atoms with E-state index in [0.29, 0.717) is 13.0 Å². The predicted octanol–water partition coefficient (Wildman–Crippen LogP) is 0.310. The second-order valence-electron chi connectivity index (χ2n) is 2.23. The number of hydrogen-bond donors (Lipinski definition) is 1. The highest BCUT2D eigenvalue weighted by molar-refractivity contribution is 5.90. The molecule has 1 aliphatic heterocycles. The number of carboxylic acids is 1. The average Bonchev–Trinajstić information content (AvgIpc) is 2.72. The van der Waals surface area contributed by atoms with Gasteiger partial charge in [-0.05, 0) is 6.42 Å². The second-order valence-corrected chi connectivity index (χ2v) is 2.23. The van der Waals surface area contributed by atoms with Gasteiger partial charge >= 0.3 is 5.97 Å². The maximum atomic E-state index is 10.2. The van der Waals surface area contributed by atoms with Crippen LogP contribution in [0.2, 0.25) is 0 Å². The average molecular weight is 153 g/mol. The summed E-state index contributed by atoms with van der Waals surface area (Å²) < 4.78 is 4.84. The van der Waals surface area contributed by atoms with Crippen molar-refractivity contribution in [2.45, 2.75) is 12.5 Å². The Hall–Kier alpha value is -1.34. The van der Waals surface area contributed by atoms with Crippen molar-refractivity contribution in [2.75, 3.05) is 6.61 Å². The normalized spacial score (nSPS) is 22.5. The van der Waals surface area contributed by atoms with Crippen LogP contribution in [0.3, 0.4) is 0 Å². The van der Waals surface area contributed by atoms with Gasteiger partial charge in [-0.15, -0.1) is 0 Å². The van der Waals surface area contributed by atoms with Crippen molar-refractivity contribution < 1.29 is 14.6 Å². The van der Waals surface area contributed by atoms with Gasteiger partial charge in [0.05, 0.1) is 12.7 Å². The molecule has 1 fully saturated rings. The number of rotatable bonds is 3. The van der Waals surface area contributed by atoms with E-state index < -0.39 is 5.97 Å². The molecule has 1 aliphatic rings. The maximum Gasteiger partial charge on any atom is 0.346 e. The molecule has 0 aromatic rings. The zero-order valence-corrected chi connectivity index (χ0v) is 5.78. The number of carboxylic acid groups (broad SMARTS) is 1. The number of hydrogen-bond acceptors (Lipinski definition) is 3. The monoisotopic (exact) mass is 153 g/mol. The molecule has 0 aromatic heterocycles. The van der Waals surface area contributed by atoms with Gasteiger partial charge < -0.3 is 9.84 Å². The zero-order chi connectivity index (χ0) is 8.27. The Morgan fingerprint density at radius 1 is 1.91 bits per heavy atom. The molecule has 1 rings (SSSR count). The highest BCUT2D eigenvalue weighted by Crippen LogP contribution is 2.14. The van der Waals surface area contributed by atoms with Crippen LogP contribution in [0, 0.1) is 11.3 Å². The first-order chi connectivity index (χ1) is 5.24. The fourth-order valence-electron chi connectivity index (χ4n) is 0.634. The van der Waals surface area contributed by atoms with Crippen molar-refractivity contribution in [1.82, 2.24) is 0 Å². The van der Waals surface area contributed by atoms with Gasteiger partial charge in [-0.1, -0.05) is 6.08 Å². The molecule has 4 heteroatoms. The number of ether oxygens (including phenoxy) is 1. The molecular formula is C7H7NO3. The van der Waals surface area contributed by atoms with Gasteiger partial charge in [-0.25, -0.2) is 4.79 Å². The van der Waals surface area contributed by atoms with Crippen LogP contribution in [-0.2, 0) is 9.53 Å². The van der Waals surface area contributed by atoms with E-state index in [9.17, 15) is 4.79 Å². The number of epoxide rings is 1. The van der Waals surface area contributed by atoms with E-state index in [1.165, 1.54) is 6.08 Å². The molecule has 0 saturated carbocycles. The van der Waals surface area contributed by atoms with Crippen LogP contribution in [0.1, 0.15) is 6.42 Å². The van der Waals surface area contributed by atoms with Crippen LogP contribution in [0.4, 0.5) is 0 Å². The van der Waals surface area contributed by atoms with Gasteiger partial charge in [-0.3, -0.25) is 0 Å². The molecule has 58 valence electrons. The van der Waals surface area contributed by atoms with Gasteiger partial charge in [0.1, 0.15) is 11.6 Å².